The quantitative estimate of drug-likeness (QED) is 0.531. The van der Waals surface area contributed by atoms with Gasteiger partial charge < -0.3 is 0 Å². The molecule has 0 bridgehead atoms. The Hall–Kier alpha value is 0.449. The first-order chi connectivity index (χ1) is 5.55. The molecule has 10 heterocycles. The predicted octanol–water partition coefficient (Wildman–Crippen LogP) is 3.25. The van der Waals surface area contributed by atoms with Crippen LogP contribution < -0.4 is 0 Å². The molecule has 0 amide bonds. The molecule has 2 heteroatoms. The first-order valence-corrected chi connectivity index (χ1v) is 11.7. The van der Waals surface area contributed by atoms with Gasteiger partial charge in [0.15, 0.2) is 0 Å². The van der Waals surface area contributed by atoms with Gasteiger partial charge in [-0.2, -0.15) is 0 Å². The van der Waals surface area contributed by atoms with Gasteiger partial charge in [0.2, 0.25) is 0 Å². The number of halogens is 1. The minimum absolute atomic E-state index is 0.306. The summed E-state index contributed by atoms with van der Waals surface area (Å²) in [7, 11) is 0. The van der Waals surface area contributed by atoms with E-state index in [1.807, 2.05) is 0 Å². The molecule has 64 valence electrons. The van der Waals surface area contributed by atoms with Crippen LogP contribution in [0.2, 0.25) is 43.3 Å². The van der Waals surface area contributed by atoms with Crippen LogP contribution in [0, 0.1) is 0 Å². The molecule has 0 radical (unpaired) electrons. The summed E-state index contributed by atoms with van der Waals surface area (Å²) in [5.41, 5.74) is 0. The second-order valence-electron chi connectivity index (χ2n) is 9.59. The second-order valence-corrected chi connectivity index (χ2v) is 33.1. The number of hydrogen-bond donors (Lipinski definition) is 0. The van der Waals surface area contributed by atoms with Gasteiger partial charge in [-0.25, -0.2) is 0 Å². The number of hydrogen-bond acceptors (Lipinski definition) is 0. The third-order valence-corrected chi connectivity index (χ3v) is 56.1. The van der Waals surface area contributed by atoms with Crippen molar-refractivity contribution in [3.8, 4) is 0 Å². The predicted molar refractivity (Wildman–Crippen MR) is 37.6 cm³/mol. The Morgan fingerprint density at radius 3 is 1.17 bits per heavy atom. The van der Waals surface area contributed by atoms with Gasteiger partial charge in [-0.05, 0) is 0 Å². The Morgan fingerprint density at radius 2 is 1.17 bits per heavy atom. The molecule has 0 aromatic heterocycles. The van der Waals surface area contributed by atoms with Crippen molar-refractivity contribution >= 4 is 0 Å². The first kappa shape index (κ1) is 3.55. The zero-order valence-electron chi connectivity index (χ0n) is 6.43. The van der Waals surface area contributed by atoms with Crippen LogP contribution in [0.3, 0.4) is 0 Å². The third kappa shape index (κ3) is 0.0205. The van der Waals surface area contributed by atoms with E-state index in [-0.39, 0.29) is 4.57 Å². The molecule has 4 atom stereocenters. The summed E-state index contributed by atoms with van der Waals surface area (Å²) in [6.07, 6.45) is 0. The van der Waals surface area contributed by atoms with Crippen LogP contribution >= 0.6 is 0 Å². The summed E-state index contributed by atoms with van der Waals surface area (Å²) in [6.45, 7) is -3.12. The maximum absolute atomic E-state index is 14.9. The van der Waals surface area contributed by atoms with E-state index in [0.29, 0.717) is 0 Å². The Labute approximate surface area is 59.2 Å². The molecule has 0 aliphatic carbocycles. The van der Waals surface area contributed by atoms with E-state index in [1.54, 1.807) is 0 Å². The van der Waals surface area contributed by atoms with Gasteiger partial charge in [-0.3, -0.25) is 0 Å². The van der Waals surface area contributed by atoms with Crippen LogP contribution in [0.15, 0.2) is 0 Å². The van der Waals surface area contributed by atoms with Crippen molar-refractivity contribution in [1.29, 1.82) is 0 Å². The molecule has 0 N–H and O–H groups in total. The van der Waals surface area contributed by atoms with Crippen molar-refractivity contribution in [1.82, 2.24) is 0 Å². The Balaban J connectivity index is 2.31. The van der Waals surface area contributed by atoms with Crippen LogP contribution in [0.5, 0.6) is 0 Å². The summed E-state index contributed by atoms with van der Waals surface area (Å²) in [5.74, 6) is 0. The number of alkyl halides is 1. The van der Waals surface area contributed by atoms with E-state index in [1.165, 1.54) is 33.7 Å². The second kappa shape index (κ2) is 0.203. The molecule has 0 aromatic carbocycles. The van der Waals surface area contributed by atoms with Crippen LogP contribution in [-0.4, -0.2) is 4.57 Å². The normalized spacial score (nSPS) is 164. The molecule has 0 aromatic rings. The van der Waals surface area contributed by atoms with E-state index < -0.39 is 6.51 Å². The Morgan fingerprint density at radius 1 is 0.750 bits per heavy atom. The molecule has 12 heavy (non-hydrogen) atoms. The number of rotatable bonds is 0. The molecular weight excluding hydrogens is 195 g/mol. The Kier molecular flexibility index (Phi) is 0.0600. The molecule has 10 saturated heterocycles. The van der Waals surface area contributed by atoms with Gasteiger partial charge in [-0.15, -0.1) is 0 Å². The minimum atomic E-state index is -3.12. The van der Waals surface area contributed by atoms with Crippen LogP contribution in [0.1, 0.15) is 0 Å². The third-order valence-electron chi connectivity index (χ3n) is 14.5. The summed E-state index contributed by atoms with van der Waals surface area (Å²) in [4.78, 5) is 10.0. The fraction of sp³-hybridized carbons (Fsp3) is 1.00. The fourth-order valence-corrected chi connectivity index (χ4v) is 87.1. The van der Waals surface area contributed by atoms with Crippen molar-refractivity contribution in [2.24, 2.45) is 0 Å². The van der Waals surface area contributed by atoms with Gasteiger partial charge >= 0.3 is 58.8 Å². The molecule has 10 aliphatic heterocycles. The monoisotopic (exact) mass is 204 g/mol. The van der Waals surface area contributed by atoms with Crippen molar-refractivity contribution in [2.75, 3.05) is 0 Å². The van der Waals surface area contributed by atoms with Crippen LogP contribution in [0.4, 0.5) is 4.39 Å². The molecule has 0 saturated carbocycles. The van der Waals surface area contributed by atoms with Gasteiger partial charge in [0.05, 0.1) is 0 Å². The SMILES string of the molecule is F[C]12[CH]3[CH]4[CH]5[CH]1[Fe]45321678[CH]2[CH]1[CH]6[CH]7[CH]28. The molecule has 4 unspecified atom stereocenters. The summed E-state index contributed by atoms with van der Waals surface area (Å²) in [6, 6.07) is 0. The van der Waals surface area contributed by atoms with Gasteiger partial charge in [0.25, 0.3) is 0 Å². The van der Waals surface area contributed by atoms with Crippen LogP contribution in [-0.2, 0) is 6.51 Å². The van der Waals surface area contributed by atoms with Gasteiger partial charge in [0, 0.05) is 0 Å². The van der Waals surface area contributed by atoms with Gasteiger partial charge in [0.1, 0.15) is 0 Å². The molecule has 0 nitrogen and oxygen atoms in total. The Bertz CT molecular complexity index is 755. The van der Waals surface area contributed by atoms with E-state index in [2.05, 4.69) is 0 Å². The summed E-state index contributed by atoms with van der Waals surface area (Å²) in [5, 5.41) is 0. The van der Waals surface area contributed by atoms with Crippen molar-refractivity contribution in [3.05, 3.63) is 0 Å². The molecule has 1 spiro atoms. The van der Waals surface area contributed by atoms with Crippen molar-refractivity contribution in [2.45, 2.75) is 47.9 Å². The zero-order chi connectivity index (χ0) is 7.01. The number of fused-ring (bicyclic) bond motifs is 10. The van der Waals surface area contributed by atoms with Crippen molar-refractivity contribution < 1.29 is 10.9 Å². The van der Waals surface area contributed by atoms with E-state index in [0.717, 1.165) is 9.63 Å². The molecule has 10 aliphatic rings. The van der Waals surface area contributed by atoms with E-state index in [4.69, 9.17) is 0 Å². The topological polar surface area (TPSA) is 0 Å². The van der Waals surface area contributed by atoms with Gasteiger partial charge in [-0.1, -0.05) is 0 Å². The maximum atomic E-state index is 14.9. The summed E-state index contributed by atoms with van der Waals surface area (Å²) >= 11 is 0. The molecule has 10 fully saturated rings. The average molecular weight is 204 g/mol. The fourth-order valence-electron chi connectivity index (χ4n) is 15.9. The zero-order valence-corrected chi connectivity index (χ0v) is 7.53. The van der Waals surface area contributed by atoms with E-state index >= 15 is 0 Å². The summed E-state index contributed by atoms with van der Waals surface area (Å²) < 4.78 is 14.6. The standard InChI is InChI=1S/C5H4F.C5H5.Fe/c6-5-3-1-2-4-5;1-2-4-5-3-1;/h1-4H;1-5H;. The van der Waals surface area contributed by atoms with Crippen molar-refractivity contribution in [3.63, 3.8) is 0 Å². The van der Waals surface area contributed by atoms with Crippen LogP contribution in [0.25, 0.3) is 0 Å². The van der Waals surface area contributed by atoms with E-state index in [9.17, 15) is 4.39 Å². The molecule has 10 rings (SSSR count). The molecular formula is C10H9FFe. The average Bonchev–Trinajstić information content (AvgIpc) is 2.97. The first-order valence-electron chi connectivity index (χ1n) is 5.45.